The Morgan fingerprint density at radius 3 is 2.18 bits per heavy atom. The zero-order chi connectivity index (χ0) is 23.9. The lowest BCUT2D eigenvalue weighted by Crippen LogP contribution is -2.42. The number of nitrogens with two attached hydrogens (primary N) is 1. The maximum absolute atomic E-state index is 13.3. The lowest BCUT2D eigenvalue weighted by atomic mass is 9.82. The molecule has 3 aromatic rings. The summed E-state index contributed by atoms with van der Waals surface area (Å²) < 4.78 is 26.5. The van der Waals surface area contributed by atoms with E-state index < -0.39 is 33.7 Å². The van der Waals surface area contributed by atoms with Gasteiger partial charge in [0.1, 0.15) is 0 Å². The number of benzene rings is 3. The van der Waals surface area contributed by atoms with Crippen molar-refractivity contribution >= 4 is 27.5 Å². The monoisotopic (exact) mass is 466 g/mol. The predicted molar refractivity (Wildman–Crippen MR) is 121 cm³/mol. The van der Waals surface area contributed by atoms with Gasteiger partial charge in [0, 0.05) is 0 Å². The van der Waals surface area contributed by atoms with Crippen LogP contribution in [-0.2, 0) is 14.6 Å². The van der Waals surface area contributed by atoms with Crippen molar-refractivity contribution in [2.75, 3.05) is 5.01 Å². The highest BCUT2D eigenvalue weighted by Gasteiger charge is 2.40. The van der Waals surface area contributed by atoms with Crippen LogP contribution in [0.2, 0.25) is 0 Å². The van der Waals surface area contributed by atoms with Crippen LogP contribution < -0.4 is 10.9 Å². The molecular weight excluding hydrogens is 444 g/mol. The van der Waals surface area contributed by atoms with E-state index >= 15 is 0 Å². The summed E-state index contributed by atoms with van der Waals surface area (Å²) in [6.07, 6.45) is 0.0515. The highest BCUT2D eigenvalue weighted by Crippen LogP contribution is 2.46. The molecule has 1 aliphatic heterocycles. The summed E-state index contributed by atoms with van der Waals surface area (Å²) in [5, 5.41) is 21.1. The van der Waals surface area contributed by atoms with E-state index in [1.165, 1.54) is 23.2 Å². The first-order valence-corrected chi connectivity index (χ1v) is 11.6. The van der Waals surface area contributed by atoms with Crippen molar-refractivity contribution in [2.24, 2.45) is 5.84 Å². The Kier molecular flexibility index (Phi) is 5.69. The van der Waals surface area contributed by atoms with Crippen LogP contribution in [0.3, 0.4) is 0 Å². The molecule has 0 radical (unpaired) electrons. The van der Waals surface area contributed by atoms with Crippen LogP contribution >= 0.6 is 0 Å². The number of carbonyl (C=O) groups is 2. The average Bonchev–Trinajstić information content (AvgIpc) is 2.79. The summed E-state index contributed by atoms with van der Waals surface area (Å²) in [6.45, 7) is 1.81. The number of carboxylic acids is 2. The molecule has 0 saturated carbocycles. The van der Waals surface area contributed by atoms with Crippen LogP contribution in [0.5, 0.6) is 0 Å². The molecule has 0 fully saturated rings. The average molecular weight is 467 g/mol. The topological polar surface area (TPSA) is 138 Å². The van der Waals surface area contributed by atoms with E-state index in [4.69, 9.17) is 5.84 Å². The molecule has 0 aliphatic carbocycles. The Balaban J connectivity index is 1.94. The van der Waals surface area contributed by atoms with Crippen LogP contribution in [0.4, 0.5) is 5.69 Å². The predicted octanol–water partition coefficient (Wildman–Crippen LogP) is 3.52. The number of hydrogen-bond acceptors (Lipinski definition) is 6. The minimum atomic E-state index is -4.09. The van der Waals surface area contributed by atoms with E-state index in [-0.39, 0.29) is 33.0 Å². The smallest absolute Gasteiger partial charge is 0.337 e. The molecule has 0 amide bonds. The number of rotatable bonds is 5. The highest BCUT2D eigenvalue weighted by atomic mass is 32.2. The Morgan fingerprint density at radius 1 is 0.970 bits per heavy atom. The quantitative estimate of drug-likeness (QED) is 0.486. The summed E-state index contributed by atoms with van der Waals surface area (Å²) in [6, 6.07) is 16.7. The number of aryl methyl sites for hydroxylation is 1. The molecule has 3 aromatic carbocycles. The Morgan fingerprint density at radius 2 is 1.61 bits per heavy atom. The molecule has 1 heterocycles. The molecule has 9 heteroatoms. The van der Waals surface area contributed by atoms with Crippen molar-refractivity contribution in [1.29, 1.82) is 0 Å². The molecule has 4 N–H and O–H groups in total. The van der Waals surface area contributed by atoms with Gasteiger partial charge in [0.25, 0.3) is 0 Å². The van der Waals surface area contributed by atoms with Crippen LogP contribution in [0.15, 0.2) is 76.5 Å². The second-order valence-corrected chi connectivity index (χ2v) is 9.94. The molecule has 4 rings (SSSR count). The van der Waals surface area contributed by atoms with E-state index in [1.807, 2.05) is 6.92 Å². The van der Waals surface area contributed by atoms with E-state index in [9.17, 15) is 28.2 Å². The molecule has 0 spiro atoms. The first-order valence-electron chi connectivity index (χ1n) is 10.2. The summed E-state index contributed by atoms with van der Waals surface area (Å²) in [5.74, 6) is 2.61. The molecule has 8 nitrogen and oxygen atoms in total. The third kappa shape index (κ3) is 3.96. The molecule has 0 saturated heterocycles. The minimum absolute atomic E-state index is 0.00198. The molecule has 2 atom stereocenters. The van der Waals surface area contributed by atoms with Crippen molar-refractivity contribution in [3.63, 3.8) is 0 Å². The van der Waals surface area contributed by atoms with Gasteiger partial charge in [-0.1, -0.05) is 48.0 Å². The fourth-order valence-corrected chi connectivity index (χ4v) is 5.50. The van der Waals surface area contributed by atoms with Gasteiger partial charge in [-0.2, -0.15) is 0 Å². The summed E-state index contributed by atoms with van der Waals surface area (Å²) in [7, 11) is -4.09. The van der Waals surface area contributed by atoms with Gasteiger partial charge in [-0.25, -0.2) is 19.1 Å². The molecule has 0 aromatic heterocycles. The molecule has 170 valence electrons. The van der Waals surface area contributed by atoms with Gasteiger partial charge in [0.15, 0.2) is 0 Å². The van der Waals surface area contributed by atoms with Crippen molar-refractivity contribution < 1.29 is 28.2 Å². The standard InChI is InChI=1S/C24H22N2O6S/c1-14-7-9-16(10-8-14)33(31,32)17-11-18-19(23(27)28)13-21(15-5-3-2-4-6-15)26(25)22(18)20(12-17)24(29)30/h2-12,19,21H,13,25H2,1H3,(H,27,28)(H,29,30). The summed E-state index contributed by atoms with van der Waals surface area (Å²) >= 11 is 0. The second-order valence-electron chi connectivity index (χ2n) is 7.99. The first-order chi connectivity index (χ1) is 15.6. The lowest BCUT2D eigenvalue weighted by Gasteiger charge is -2.39. The number of hydrazine groups is 1. The number of carboxylic acid groups (broad SMARTS) is 2. The number of anilines is 1. The van der Waals surface area contributed by atoms with Gasteiger partial charge in [-0.05, 0) is 48.7 Å². The fourth-order valence-electron chi connectivity index (χ4n) is 4.18. The van der Waals surface area contributed by atoms with Crippen LogP contribution in [0, 0.1) is 6.92 Å². The van der Waals surface area contributed by atoms with E-state index in [0.29, 0.717) is 0 Å². The zero-order valence-corrected chi connectivity index (χ0v) is 18.5. The second kappa shape index (κ2) is 8.34. The van der Waals surface area contributed by atoms with Crippen molar-refractivity contribution in [1.82, 2.24) is 0 Å². The van der Waals surface area contributed by atoms with Crippen LogP contribution in [0.1, 0.15) is 45.4 Å². The van der Waals surface area contributed by atoms with Gasteiger partial charge in [0.05, 0.1) is 33.0 Å². The maximum atomic E-state index is 13.3. The van der Waals surface area contributed by atoms with E-state index in [0.717, 1.165) is 17.2 Å². The van der Waals surface area contributed by atoms with Crippen LogP contribution in [-0.4, -0.2) is 30.6 Å². The number of fused-ring (bicyclic) bond motifs is 1. The van der Waals surface area contributed by atoms with E-state index in [2.05, 4.69) is 0 Å². The SMILES string of the molecule is Cc1ccc(S(=O)(=O)c2cc(C(=O)O)c3c(c2)C(C(=O)O)CC(c2ccccc2)N3N)cc1. The molecular formula is C24H22N2O6S. The van der Waals surface area contributed by atoms with Gasteiger partial charge in [-0.15, -0.1) is 0 Å². The third-order valence-corrected chi connectivity index (χ3v) is 7.64. The minimum Gasteiger partial charge on any atom is -0.481 e. The van der Waals surface area contributed by atoms with Gasteiger partial charge < -0.3 is 15.2 Å². The van der Waals surface area contributed by atoms with Gasteiger partial charge in [-0.3, -0.25) is 4.79 Å². The number of nitrogens with zero attached hydrogens (tertiary/aromatic N) is 1. The number of hydrogen-bond donors (Lipinski definition) is 3. The van der Waals surface area contributed by atoms with Gasteiger partial charge >= 0.3 is 11.9 Å². The summed E-state index contributed by atoms with van der Waals surface area (Å²) in [4.78, 5) is 24.1. The van der Waals surface area contributed by atoms with Crippen LogP contribution in [0.25, 0.3) is 0 Å². The number of aromatic carboxylic acids is 1. The fraction of sp³-hybridized carbons (Fsp3) is 0.167. The lowest BCUT2D eigenvalue weighted by molar-refractivity contribution is -0.139. The van der Waals surface area contributed by atoms with Crippen molar-refractivity contribution in [3.05, 3.63) is 89.0 Å². The normalized spacial score (nSPS) is 17.9. The number of aliphatic carboxylic acids is 1. The number of sulfone groups is 1. The largest absolute Gasteiger partial charge is 0.481 e. The maximum Gasteiger partial charge on any atom is 0.337 e. The first kappa shape index (κ1) is 22.5. The van der Waals surface area contributed by atoms with E-state index in [1.54, 1.807) is 42.5 Å². The molecule has 0 bridgehead atoms. The third-order valence-electron chi connectivity index (χ3n) is 5.90. The molecule has 33 heavy (non-hydrogen) atoms. The highest BCUT2D eigenvalue weighted by molar-refractivity contribution is 7.91. The molecule has 1 aliphatic rings. The Bertz CT molecular complexity index is 1340. The molecule has 2 unspecified atom stereocenters. The van der Waals surface area contributed by atoms with Crippen molar-refractivity contribution in [2.45, 2.75) is 35.1 Å². The Labute approximate surface area is 190 Å². The summed E-state index contributed by atoms with van der Waals surface area (Å²) in [5.41, 5.74) is 1.28. The Hall–Kier alpha value is -3.69. The van der Waals surface area contributed by atoms with Gasteiger partial charge in [0.2, 0.25) is 9.84 Å². The zero-order valence-electron chi connectivity index (χ0n) is 17.7. The van der Waals surface area contributed by atoms with Crippen molar-refractivity contribution in [3.8, 4) is 0 Å².